The topological polar surface area (TPSA) is 21.3 Å². The summed E-state index contributed by atoms with van der Waals surface area (Å²) in [5.74, 6) is 0.683. The molecule has 86 valence electrons. The third-order valence-electron chi connectivity index (χ3n) is 2.82. The van der Waals surface area contributed by atoms with E-state index >= 15 is 0 Å². The molecule has 3 unspecified atom stereocenters. The van der Waals surface area contributed by atoms with E-state index in [1.54, 1.807) is 0 Å². The van der Waals surface area contributed by atoms with Crippen LogP contribution in [0, 0.1) is 5.92 Å². The Morgan fingerprint density at radius 2 is 1.79 bits per heavy atom. The molecule has 14 heavy (non-hydrogen) atoms. The van der Waals surface area contributed by atoms with E-state index in [-0.39, 0.29) is 0 Å². The van der Waals surface area contributed by atoms with Gasteiger partial charge in [0.2, 0.25) is 0 Å². The summed E-state index contributed by atoms with van der Waals surface area (Å²) in [6.45, 7) is 12.9. The normalized spacial score (nSPS) is 17.8. The molecule has 0 heterocycles. The molecular formula is C12H27NO. The van der Waals surface area contributed by atoms with Crippen LogP contribution in [0.5, 0.6) is 0 Å². The fourth-order valence-corrected chi connectivity index (χ4v) is 1.76. The van der Waals surface area contributed by atoms with Crippen LogP contribution < -0.4 is 5.32 Å². The summed E-state index contributed by atoms with van der Waals surface area (Å²) in [6, 6.07) is 0.500. The van der Waals surface area contributed by atoms with Gasteiger partial charge < -0.3 is 10.1 Å². The molecule has 0 aromatic carbocycles. The monoisotopic (exact) mass is 201 g/mol. The van der Waals surface area contributed by atoms with Crippen LogP contribution >= 0.6 is 0 Å². The Kier molecular flexibility index (Phi) is 8.20. The van der Waals surface area contributed by atoms with E-state index in [0.29, 0.717) is 18.1 Å². The molecule has 0 rings (SSSR count). The second-order valence-electron chi connectivity index (χ2n) is 4.03. The van der Waals surface area contributed by atoms with Gasteiger partial charge in [-0.2, -0.15) is 0 Å². The average Bonchev–Trinajstić information content (AvgIpc) is 2.18. The first-order valence-corrected chi connectivity index (χ1v) is 6.02. The molecule has 0 aromatic heterocycles. The van der Waals surface area contributed by atoms with Crippen molar-refractivity contribution in [3.63, 3.8) is 0 Å². The zero-order valence-corrected chi connectivity index (χ0v) is 10.5. The molecule has 0 saturated carbocycles. The fraction of sp³-hybridized carbons (Fsp3) is 1.00. The van der Waals surface area contributed by atoms with Crippen LogP contribution in [-0.2, 0) is 4.74 Å². The third kappa shape index (κ3) is 4.97. The Hall–Kier alpha value is -0.0800. The van der Waals surface area contributed by atoms with Crippen molar-refractivity contribution < 1.29 is 4.74 Å². The molecule has 0 aromatic rings. The first-order valence-electron chi connectivity index (χ1n) is 6.02. The first kappa shape index (κ1) is 13.9. The zero-order valence-electron chi connectivity index (χ0n) is 10.5. The summed E-state index contributed by atoms with van der Waals surface area (Å²) < 4.78 is 5.66. The molecule has 0 amide bonds. The van der Waals surface area contributed by atoms with Crippen LogP contribution in [0.4, 0.5) is 0 Å². The highest BCUT2D eigenvalue weighted by atomic mass is 16.5. The summed E-state index contributed by atoms with van der Waals surface area (Å²) in [6.07, 6.45) is 2.71. The van der Waals surface area contributed by atoms with Gasteiger partial charge in [-0.15, -0.1) is 0 Å². The molecule has 2 heteroatoms. The largest absolute Gasteiger partial charge is 0.377 e. The molecule has 0 radical (unpaired) electrons. The Labute approximate surface area is 89.4 Å². The van der Waals surface area contributed by atoms with E-state index < -0.39 is 0 Å². The molecule has 2 nitrogen and oxygen atoms in total. The molecule has 0 saturated heterocycles. The SMILES string of the molecule is CCCNC(C(C)CC)C(C)OCC. The average molecular weight is 201 g/mol. The predicted molar refractivity (Wildman–Crippen MR) is 62.6 cm³/mol. The molecule has 3 atom stereocenters. The van der Waals surface area contributed by atoms with E-state index in [0.717, 1.165) is 13.2 Å². The van der Waals surface area contributed by atoms with E-state index in [4.69, 9.17) is 4.74 Å². The highest BCUT2D eigenvalue weighted by Crippen LogP contribution is 2.13. The van der Waals surface area contributed by atoms with Gasteiger partial charge in [-0.3, -0.25) is 0 Å². The van der Waals surface area contributed by atoms with Crippen molar-refractivity contribution >= 4 is 0 Å². The lowest BCUT2D eigenvalue weighted by atomic mass is 9.95. The second-order valence-corrected chi connectivity index (χ2v) is 4.03. The van der Waals surface area contributed by atoms with Crippen molar-refractivity contribution in [3.8, 4) is 0 Å². The van der Waals surface area contributed by atoms with Gasteiger partial charge in [0, 0.05) is 12.6 Å². The fourth-order valence-electron chi connectivity index (χ4n) is 1.76. The molecule has 0 spiro atoms. The van der Waals surface area contributed by atoms with Gasteiger partial charge in [0.15, 0.2) is 0 Å². The maximum absolute atomic E-state index is 5.66. The Morgan fingerprint density at radius 1 is 1.14 bits per heavy atom. The molecule has 0 aliphatic heterocycles. The van der Waals surface area contributed by atoms with E-state index in [9.17, 15) is 0 Å². The second kappa shape index (κ2) is 8.25. The molecule has 0 bridgehead atoms. The predicted octanol–water partition coefficient (Wildman–Crippen LogP) is 2.83. The third-order valence-corrected chi connectivity index (χ3v) is 2.82. The number of hydrogen-bond acceptors (Lipinski definition) is 2. The van der Waals surface area contributed by atoms with Gasteiger partial charge in [0.25, 0.3) is 0 Å². The highest BCUT2D eigenvalue weighted by molar-refractivity contribution is 4.78. The van der Waals surface area contributed by atoms with Gasteiger partial charge in [-0.25, -0.2) is 0 Å². The number of nitrogens with one attached hydrogen (secondary N) is 1. The Balaban J connectivity index is 4.07. The molecule has 0 aliphatic carbocycles. The van der Waals surface area contributed by atoms with Gasteiger partial charge in [-0.1, -0.05) is 27.2 Å². The van der Waals surface area contributed by atoms with E-state index in [2.05, 4.69) is 39.9 Å². The summed E-state index contributed by atoms with van der Waals surface area (Å²) in [7, 11) is 0. The minimum Gasteiger partial charge on any atom is -0.377 e. The minimum atomic E-state index is 0.321. The smallest absolute Gasteiger partial charge is 0.0702 e. The van der Waals surface area contributed by atoms with Crippen LogP contribution in [0.15, 0.2) is 0 Å². The molecular weight excluding hydrogens is 174 g/mol. The van der Waals surface area contributed by atoms with Crippen molar-refractivity contribution in [3.05, 3.63) is 0 Å². The van der Waals surface area contributed by atoms with E-state index in [1.807, 2.05) is 0 Å². The lowest BCUT2D eigenvalue weighted by Crippen LogP contribution is -2.44. The minimum absolute atomic E-state index is 0.321. The van der Waals surface area contributed by atoms with Crippen molar-refractivity contribution in [2.45, 2.75) is 59.6 Å². The Morgan fingerprint density at radius 3 is 2.21 bits per heavy atom. The first-order chi connectivity index (χ1) is 6.67. The molecule has 0 fully saturated rings. The summed E-state index contributed by atoms with van der Waals surface area (Å²) in [4.78, 5) is 0. The zero-order chi connectivity index (χ0) is 11.0. The van der Waals surface area contributed by atoms with Crippen molar-refractivity contribution in [1.82, 2.24) is 5.32 Å². The number of hydrogen-bond donors (Lipinski definition) is 1. The maximum atomic E-state index is 5.66. The lowest BCUT2D eigenvalue weighted by molar-refractivity contribution is 0.0318. The van der Waals surface area contributed by atoms with Crippen LogP contribution in [0.2, 0.25) is 0 Å². The maximum Gasteiger partial charge on any atom is 0.0702 e. The quantitative estimate of drug-likeness (QED) is 0.652. The summed E-state index contributed by atoms with van der Waals surface area (Å²) in [5, 5.41) is 3.58. The molecule has 1 N–H and O–H groups in total. The summed E-state index contributed by atoms with van der Waals surface area (Å²) in [5.41, 5.74) is 0. The lowest BCUT2D eigenvalue weighted by Gasteiger charge is -2.29. The standard InChI is InChI=1S/C12H27NO/c1-6-9-13-12(10(4)7-2)11(5)14-8-3/h10-13H,6-9H2,1-5H3. The van der Waals surface area contributed by atoms with E-state index in [1.165, 1.54) is 12.8 Å². The van der Waals surface area contributed by atoms with Gasteiger partial charge in [0.1, 0.15) is 0 Å². The summed E-state index contributed by atoms with van der Waals surface area (Å²) >= 11 is 0. The highest BCUT2D eigenvalue weighted by Gasteiger charge is 2.21. The number of rotatable bonds is 8. The van der Waals surface area contributed by atoms with Crippen LogP contribution in [-0.4, -0.2) is 25.3 Å². The van der Waals surface area contributed by atoms with Crippen molar-refractivity contribution in [2.24, 2.45) is 5.92 Å². The van der Waals surface area contributed by atoms with Crippen LogP contribution in [0.25, 0.3) is 0 Å². The van der Waals surface area contributed by atoms with Gasteiger partial charge in [0.05, 0.1) is 6.10 Å². The number of ether oxygens (including phenoxy) is 1. The van der Waals surface area contributed by atoms with Crippen LogP contribution in [0.1, 0.15) is 47.5 Å². The van der Waals surface area contributed by atoms with Crippen molar-refractivity contribution in [2.75, 3.05) is 13.2 Å². The Bertz CT molecular complexity index is 127. The van der Waals surface area contributed by atoms with Crippen molar-refractivity contribution in [1.29, 1.82) is 0 Å². The van der Waals surface area contributed by atoms with Crippen LogP contribution in [0.3, 0.4) is 0 Å². The molecule has 0 aliphatic rings. The van der Waals surface area contributed by atoms with Gasteiger partial charge >= 0.3 is 0 Å². The van der Waals surface area contributed by atoms with Gasteiger partial charge in [-0.05, 0) is 32.7 Å².